The first-order chi connectivity index (χ1) is 13.2. The molecule has 0 saturated heterocycles. The van der Waals surface area contributed by atoms with Crippen LogP contribution in [-0.2, 0) is 6.18 Å². The molecule has 3 rings (SSSR count). The Morgan fingerprint density at radius 3 is 2.39 bits per heavy atom. The first kappa shape index (κ1) is 19.6. The number of halogens is 4. The number of rotatable bonds is 4. The molecule has 0 aliphatic carbocycles. The summed E-state index contributed by atoms with van der Waals surface area (Å²) in [5.41, 5.74) is 0.528. The Morgan fingerprint density at radius 2 is 1.75 bits per heavy atom. The molecule has 8 heteroatoms. The Labute approximate surface area is 158 Å². The van der Waals surface area contributed by atoms with E-state index in [1.807, 2.05) is 0 Å². The second kappa shape index (κ2) is 7.46. The summed E-state index contributed by atoms with van der Waals surface area (Å²) in [5.74, 6) is -1.20. The van der Waals surface area contributed by atoms with Crippen LogP contribution in [0.1, 0.15) is 40.1 Å². The molecule has 0 aliphatic rings. The van der Waals surface area contributed by atoms with Crippen LogP contribution in [0, 0.1) is 12.7 Å². The molecular formula is C20H17F4N3O. The molecule has 1 amide bonds. The molecule has 0 saturated carbocycles. The van der Waals surface area contributed by atoms with Gasteiger partial charge in [-0.1, -0.05) is 12.1 Å². The standard InChI is InChI=1S/C20H17F4N3O/c1-12(26-19(28)16-5-3-4-6-18(16)20(22,23)24)17-11-25-27(13(17)2)15-9-7-14(21)8-10-15/h3-12H,1-2H3,(H,26,28). The van der Waals surface area contributed by atoms with E-state index in [9.17, 15) is 22.4 Å². The fourth-order valence-electron chi connectivity index (χ4n) is 2.97. The predicted molar refractivity (Wildman–Crippen MR) is 95.6 cm³/mol. The number of aromatic nitrogens is 2. The quantitative estimate of drug-likeness (QED) is 0.648. The SMILES string of the molecule is Cc1c(C(C)NC(=O)c2ccccc2C(F)(F)F)cnn1-c1ccc(F)cc1. The fourth-order valence-corrected chi connectivity index (χ4v) is 2.97. The van der Waals surface area contributed by atoms with Crippen LogP contribution in [0.2, 0.25) is 0 Å². The van der Waals surface area contributed by atoms with Gasteiger partial charge < -0.3 is 5.32 Å². The maximum Gasteiger partial charge on any atom is 0.417 e. The Morgan fingerprint density at radius 1 is 1.11 bits per heavy atom. The largest absolute Gasteiger partial charge is 0.417 e. The van der Waals surface area contributed by atoms with E-state index in [0.717, 1.165) is 12.1 Å². The molecule has 28 heavy (non-hydrogen) atoms. The first-order valence-corrected chi connectivity index (χ1v) is 8.46. The van der Waals surface area contributed by atoms with Crippen LogP contribution in [0.4, 0.5) is 17.6 Å². The molecule has 1 heterocycles. The first-order valence-electron chi connectivity index (χ1n) is 8.46. The minimum atomic E-state index is -4.62. The molecule has 0 fully saturated rings. The van der Waals surface area contributed by atoms with Crippen LogP contribution in [-0.4, -0.2) is 15.7 Å². The number of nitrogens with one attached hydrogen (secondary N) is 1. The number of hydrogen-bond acceptors (Lipinski definition) is 2. The van der Waals surface area contributed by atoms with E-state index in [2.05, 4.69) is 10.4 Å². The monoisotopic (exact) mass is 391 g/mol. The molecule has 146 valence electrons. The van der Waals surface area contributed by atoms with Gasteiger partial charge in [0.2, 0.25) is 0 Å². The third-order valence-electron chi connectivity index (χ3n) is 4.41. The number of benzene rings is 2. The maximum atomic E-state index is 13.1. The van der Waals surface area contributed by atoms with Crippen molar-refractivity contribution < 1.29 is 22.4 Å². The van der Waals surface area contributed by atoms with Gasteiger partial charge in [-0.05, 0) is 50.2 Å². The lowest BCUT2D eigenvalue weighted by atomic mass is 10.0. The zero-order valence-electron chi connectivity index (χ0n) is 15.1. The molecule has 4 nitrogen and oxygen atoms in total. The van der Waals surface area contributed by atoms with Gasteiger partial charge in [0.25, 0.3) is 5.91 Å². The lowest BCUT2D eigenvalue weighted by Crippen LogP contribution is -2.29. The third-order valence-corrected chi connectivity index (χ3v) is 4.41. The summed E-state index contributed by atoms with van der Waals surface area (Å²) in [6, 6.07) is 9.76. The molecule has 1 aromatic heterocycles. The van der Waals surface area contributed by atoms with E-state index in [-0.39, 0.29) is 5.82 Å². The maximum absolute atomic E-state index is 13.1. The molecule has 2 aromatic carbocycles. The van der Waals surface area contributed by atoms with Gasteiger partial charge in [0.15, 0.2) is 0 Å². The van der Waals surface area contributed by atoms with E-state index >= 15 is 0 Å². The molecule has 3 aromatic rings. The topological polar surface area (TPSA) is 46.9 Å². The molecular weight excluding hydrogens is 374 g/mol. The third kappa shape index (κ3) is 3.90. The van der Waals surface area contributed by atoms with Crippen molar-refractivity contribution in [2.24, 2.45) is 0 Å². The van der Waals surface area contributed by atoms with E-state index < -0.39 is 29.3 Å². The van der Waals surface area contributed by atoms with Crippen LogP contribution in [0.3, 0.4) is 0 Å². The van der Waals surface area contributed by atoms with Crippen LogP contribution < -0.4 is 5.32 Å². The highest BCUT2D eigenvalue weighted by Gasteiger charge is 2.35. The molecule has 1 atom stereocenters. The summed E-state index contributed by atoms with van der Waals surface area (Å²) in [4.78, 5) is 12.4. The molecule has 1 unspecified atom stereocenters. The molecule has 0 spiro atoms. The summed E-state index contributed by atoms with van der Waals surface area (Å²) in [6.07, 6.45) is -3.10. The van der Waals surface area contributed by atoms with Crippen molar-refractivity contribution in [3.63, 3.8) is 0 Å². The summed E-state index contributed by atoms with van der Waals surface area (Å²) < 4.78 is 54.1. The molecule has 1 N–H and O–H groups in total. The highest BCUT2D eigenvalue weighted by atomic mass is 19.4. The smallest absolute Gasteiger partial charge is 0.345 e. The summed E-state index contributed by atoms with van der Waals surface area (Å²) in [7, 11) is 0. The van der Waals surface area contributed by atoms with E-state index in [0.29, 0.717) is 16.9 Å². The van der Waals surface area contributed by atoms with E-state index in [1.54, 1.807) is 30.7 Å². The van der Waals surface area contributed by atoms with Gasteiger partial charge in [-0.25, -0.2) is 9.07 Å². The van der Waals surface area contributed by atoms with Gasteiger partial charge >= 0.3 is 6.18 Å². The van der Waals surface area contributed by atoms with Gasteiger partial charge in [-0.15, -0.1) is 0 Å². The van der Waals surface area contributed by atoms with Gasteiger partial charge in [0.1, 0.15) is 5.82 Å². The number of alkyl halides is 3. The molecule has 0 aliphatic heterocycles. The van der Waals surface area contributed by atoms with Crippen molar-refractivity contribution in [2.75, 3.05) is 0 Å². The van der Waals surface area contributed by atoms with Crippen LogP contribution >= 0.6 is 0 Å². The number of carbonyl (C=O) groups is 1. The van der Waals surface area contributed by atoms with Gasteiger partial charge in [0.05, 0.1) is 29.1 Å². The molecule has 0 radical (unpaired) electrons. The number of hydrogen-bond donors (Lipinski definition) is 1. The van der Waals surface area contributed by atoms with Crippen molar-refractivity contribution in [1.82, 2.24) is 15.1 Å². The number of amides is 1. The van der Waals surface area contributed by atoms with Crippen molar-refractivity contribution in [3.8, 4) is 5.69 Å². The molecule has 0 bridgehead atoms. The van der Waals surface area contributed by atoms with Crippen molar-refractivity contribution >= 4 is 5.91 Å². The Bertz CT molecular complexity index is 993. The van der Waals surface area contributed by atoms with Crippen LogP contribution in [0.5, 0.6) is 0 Å². The highest BCUT2D eigenvalue weighted by molar-refractivity contribution is 5.96. The van der Waals surface area contributed by atoms with Gasteiger partial charge in [-0.2, -0.15) is 18.3 Å². The lowest BCUT2D eigenvalue weighted by molar-refractivity contribution is -0.137. The minimum Gasteiger partial charge on any atom is -0.345 e. The predicted octanol–water partition coefficient (Wildman–Crippen LogP) is 4.83. The zero-order chi connectivity index (χ0) is 20.5. The van der Waals surface area contributed by atoms with Crippen molar-refractivity contribution in [3.05, 3.63) is 82.9 Å². The fraction of sp³-hybridized carbons (Fsp3) is 0.200. The summed E-state index contributed by atoms with van der Waals surface area (Å²) in [5, 5.41) is 6.82. The van der Waals surface area contributed by atoms with Crippen molar-refractivity contribution in [1.29, 1.82) is 0 Å². The summed E-state index contributed by atoms with van der Waals surface area (Å²) >= 11 is 0. The summed E-state index contributed by atoms with van der Waals surface area (Å²) in [6.45, 7) is 3.42. The van der Waals surface area contributed by atoms with Crippen LogP contribution in [0.15, 0.2) is 54.7 Å². The number of nitrogens with zero attached hydrogens (tertiary/aromatic N) is 2. The average Bonchev–Trinajstić information content (AvgIpc) is 3.03. The lowest BCUT2D eigenvalue weighted by Gasteiger charge is -2.17. The Hall–Kier alpha value is -3.16. The van der Waals surface area contributed by atoms with E-state index in [4.69, 9.17) is 0 Å². The van der Waals surface area contributed by atoms with Crippen LogP contribution in [0.25, 0.3) is 5.69 Å². The zero-order valence-corrected chi connectivity index (χ0v) is 15.1. The second-order valence-electron chi connectivity index (χ2n) is 6.31. The van der Waals surface area contributed by atoms with Gasteiger partial charge in [0, 0.05) is 11.3 Å². The van der Waals surface area contributed by atoms with E-state index in [1.165, 1.54) is 30.5 Å². The Balaban J connectivity index is 1.84. The van der Waals surface area contributed by atoms with Gasteiger partial charge in [-0.3, -0.25) is 4.79 Å². The number of carbonyl (C=O) groups excluding carboxylic acids is 1. The normalized spacial score (nSPS) is 12.6. The highest BCUT2D eigenvalue weighted by Crippen LogP contribution is 2.32. The minimum absolute atomic E-state index is 0.377. The Kier molecular flexibility index (Phi) is 5.22. The second-order valence-corrected chi connectivity index (χ2v) is 6.31. The average molecular weight is 391 g/mol. The van der Waals surface area contributed by atoms with Crippen molar-refractivity contribution in [2.45, 2.75) is 26.1 Å².